The van der Waals surface area contributed by atoms with Crippen LogP contribution in [0.2, 0.25) is 0 Å². The van der Waals surface area contributed by atoms with Crippen molar-refractivity contribution in [3.63, 3.8) is 0 Å². The van der Waals surface area contributed by atoms with E-state index < -0.39 is 17.3 Å². The normalized spacial score (nSPS) is 12.7. The van der Waals surface area contributed by atoms with Gasteiger partial charge < -0.3 is 19.7 Å². The first kappa shape index (κ1) is 26.2. The fourth-order valence-corrected chi connectivity index (χ4v) is 3.95. The van der Waals surface area contributed by atoms with Crippen molar-refractivity contribution in [2.75, 3.05) is 26.0 Å². The van der Waals surface area contributed by atoms with E-state index in [-0.39, 0.29) is 18.6 Å². The molecule has 3 aromatic rings. The van der Waals surface area contributed by atoms with Gasteiger partial charge >= 0.3 is 11.7 Å². The molecule has 35 heavy (non-hydrogen) atoms. The Labute approximate surface area is 206 Å². The van der Waals surface area contributed by atoms with E-state index in [9.17, 15) is 14.7 Å². The maximum Gasteiger partial charge on any atom is 0.408 e. The molecular formula is C27H36N4O4. The molecule has 1 atom stereocenters. The number of nitrogens with zero attached hydrogens (tertiary/aromatic N) is 3. The third-order valence-corrected chi connectivity index (χ3v) is 6.21. The van der Waals surface area contributed by atoms with Crippen molar-refractivity contribution >= 4 is 23.0 Å². The van der Waals surface area contributed by atoms with E-state index in [1.807, 2.05) is 33.8 Å². The number of benzene rings is 2. The first-order valence-electron chi connectivity index (χ1n) is 11.8. The van der Waals surface area contributed by atoms with Gasteiger partial charge in [0.25, 0.3) is 6.01 Å². The summed E-state index contributed by atoms with van der Waals surface area (Å²) in [4.78, 5) is 32.7. The monoisotopic (exact) mass is 480 g/mol. The zero-order valence-corrected chi connectivity index (χ0v) is 21.7. The number of carbonyl (C=O) groups is 1. The zero-order valence-electron chi connectivity index (χ0n) is 21.7. The third kappa shape index (κ3) is 6.39. The van der Waals surface area contributed by atoms with E-state index >= 15 is 0 Å². The van der Waals surface area contributed by atoms with E-state index in [0.29, 0.717) is 16.5 Å². The average Bonchev–Trinajstić information content (AvgIpc) is 2.76. The van der Waals surface area contributed by atoms with Gasteiger partial charge in [-0.25, -0.2) is 9.59 Å². The van der Waals surface area contributed by atoms with Gasteiger partial charge in [0, 0.05) is 18.6 Å². The second-order valence-corrected chi connectivity index (χ2v) is 10.3. The van der Waals surface area contributed by atoms with Crippen LogP contribution in [0.4, 0.5) is 10.8 Å². The standard InChI is InChI=1S/C27H36N4O4/c1-17-21(16-31(26(33)34)27(3,4)5)12-13-22-23(17)24(32)35-25(29-22)28-18(2)20-10-8-19(9-11-20)14-15-30(6)7/h8-13,18H,14-16H2,1-7H3,(H,28,29)(H,33,34)/t18-/m0/s1. The number of fused-ring (bicyclic) bond motifs is 1. The van der Waals surface area contributed by atoms with Gasteiger partial charge in [-0.2, -0.15) is 4.98 Å². The van der Waals surface area contributed by atoms with E-state index in [1.54, 1.807) is 13.0 Å². The van der Waals surface area contributed by atoms with Crippen LogP contribution in [0, 0.1) is 6.92 Å². The molecule has 1 aromatic heterocycles. The van der Waals surface area contributed by atoms with E-state index in [4.69, 9.17) is 4.42 Å². The molecule has 1 heterocycles. The van der Waals surface area contributed by atoms with Crippen molar-refractivity contribution in [3.05, 3.63) is 69.1 Å². The summed E-state index contributed by atoms with van der Waals surface area (Å²) >= 11 is 0. The number of carboxylic acid groups (broad SMARTS) is 1. The Balaban J connectivity index is 1.82. The van der Waals surface area contributed by atoms with Crippen LogP contribution in [0.15, 0.2) is 45.6 Å². The van der Waals surface area contributed by atoms with Crippen molar-refractivity contribution in [2.24, 2.45) is 0 Å². The summed E-state index contributed by atoms with van der Waals surface area (Å²) in [7, 11) is 4.12. The number of nitrogens with one attached hydrogen (secondary N) is 1. The number of rotatable bonds is 8. The number of aryl methyl sites for hydroxylation is 1. The Morgan fingerprint density at radius 2 is 1.80 bits per heavy atom. The number of amides is 1. The molecule has 0 bridgehead atoms. The topological polar surface area (TPSA) is 98.9 Å². The number of aromatic nitrogens is 1. The summed E-state index contributed by atoms with van der Waals surface area (Å²) in [5.74, 6) is 0. The van der Waals surface area contributed by atoms with Crippen LogP contribution in [-0.4, -0.2) is 52.2 Å². The lowest BCUT2D eigenvalue weighted by atomic mass is 10.0. The summed E-state index contributed by atoms with van der Waals surface area (Å²) in [5.41, 5.74) is 3.17. The SMILES string of the molecule is Cc1c(CN(C(=O)O)C(C)(C)C)ccc2nc(N[C@@H](C)c3ccc(CCN(C)C)cc3)oc(=O)c12. The summed E-state index contributed by atoms with van der Waals surface area (Å²) in [6.45, 7) is 10.5. The zero-order chi connectivity index (χ0) is 25.9. The lowest BCUT2D eigenvalue weighted by Crippen LogP contribution is -2.44. The minimum atomic E-state index is -1.01. The second kappa shape index (κ2) is 10.5. The molecule has 3 rings (SSSR count). The fourth-order valence-electron chi connectivity index (χ4n) is 3.95. The first-order valence-corrected chi connectivity index (χ1v) is 11.8. The minimum Gasteiger partial charge on any atom is -0.465 e. The number of hydrogen-bond donors (Lipinski definition) is 2. The molecular weight excluding hydrogens is 444 g/mol. The number of hydrogen-bond acceptors (Lipinski definition) is 6. The van der Waals surface area contributed by atoms with Gasteiger partial charge in [0.05, 0.1) is 16.9 Å². The highest BCUT2D eigenvalue weighted by Crippen LogP contribution is 2.25. The van der Waals surface area contributed by atoms with Crippen molar-refractivity contribution in [1.29, 1.82) is 0 Å². The van der Waals surface area contributed by atoms with E-state index in [2.05, 4.69) is 53.6 Å². The van der Waals surface area contributed by atoms with Crippen LogP contribution in [0.1, 0.15) is 56.0 Å². The van der Waals surface area contributed by atoms with Crippen LogP contribution in [0.5, 0.6) is 0 Å². The summed E-state index contributed by atoms with van der Waals surface area (Å²) < 4.78 is 5.51. The van der Waals surface area contributed by atoms with Gasteiger partial charge in [0.15, 0.2) is 0 Å². The largest absolute Gasteiger partial charge is 0.465 e. The lowest BCUT2D eigenvalue weighted by Gasteiger charge is -2.33. The number of anilines is 1. The molecule has 0 aliphatic rings. The molecule has 0 saturated carbocycles. The van der Waals surface area contributed by atoms with Gasteiger partial charge in [0.1, 0.15) is 0 Å². The molecule has 1 amide bonds. The van der Waals surface area contributed by atoms with Gasteiger partial charge in [-0.15, -0.1) is 0 Å². The second-order valence-electron chi connectivity index (χ2n) is 10.3. The molecule has 2 N–H and O–H groups in total. The Hall–Kier alpha value is -3.39. The van der Waals surface area contributed by atoms with Gasteiger partial charge in [-0.05, 0) is 83.5 Å². The quantitative estimate of drug-likeness (QED) is 0.465. The summed E-state index contributed by atoms with van der Waals surface area (Å²) in [6.07, 6.45) is -0.0289. The van der Waals surface area contributed by atoms with E-state index in [0.717, 1.165) is 24.1 Å². The van der Waals surface area contributed by atoms with Gasteiger partial charge in [-0.3, -0.25) is 4.90 Å². The van der Waals surface area contributed by atoms with Gasteiger partial charge in [0.2, 0.25) is 0 Å². The summed E-state index contributed by atoms with van der Waals surface area (Å²) in [5, 5.41) is 13.2. The molecule has 0 aliphatic heterocycles. The Morgan fingerprint density at radius 1 is 1.14 bits per heavy atom. The maximum atomic E-state index is 12.9. The summed E-state index contributed by atoms with van der Waals surface area (Å²) in [6, 6.07) is 12.0. The molecule has 2 aromatic carbocycles. The van der Waals surface area contributed by atoms with Crippen LogP contribution in [0.25, 0.3) is 10.9 Å². The molecule has 188 valence electrons. The van der Waals surface area contributed by atoms with Crippen molar-refractivity contribution in [3.8, 4) is 0 Å². The van der Waals surface area contributed by atoms with Crippen molar-refractivity contribution in [1.82, 2.24) is 14.8 Å². The highest BCUT2D eigenvalue weighted by atomic mass is 16.4. The highest BCUT2D eigenvalue weighted by molar-refractivity contribution is 5.82. The molecule has 0 spiro atoms. The predicted octanol–water partition coefficient (Wildman–Crippen LogP) is 5.05. The molecule has 8 heteroatoms. The minimum absolute atomic E-state index is 0.109. The van der Waals surface area contributed by atoms with Crippen LogP contribution in [0.3, 0.4) is 0 Å². The predicted molar refractivity (Wildman–Crippen MR) is 139 cm³/mol. The van der Waals surface area contributed by atoms with E-state index in [1.165, 1.54) is 10.5 Å². The van der Waals surface area contributed by atoms with Crippen molar-refractivity contribution < 1.29 is 14.3 Å². The molecule has 0 unspecified atom stereocenters. The van der Waals surface area contributed by atoms with Crippen molar-refractivity contribution in [2.45, 2.75) is 59.2 Å². The fraction of sp³-hybridized carbons (Fsp3) is 0.444. The lowest BCUT2D eigenvalue weighted by molar-refractivity contribution is 0.0955. The third-order valence-electron chi connectivity index (χ3n) is 6.21. The molecule has 0 fully saturated rings. The Morgan fingerprint density at radius 3 is 2.37 bits per heavy atom. The van der Waals surface area contributed by atoms with Crippen LogP contribution >= 0.6 is 0 Å². The molecule has 8 nitrogen and oxygen atoms in total. The molecule has 0 aliphatic carbocycles. The first-order chi connectivity index (χ1) is 16.4. The Kier molecular flexibility index (Phi) is 7.85. The van der Waals surface area contributed by atoms with Crippen LogP contribution < -0.4 is 10.9 Å². The van der Waals surface area contributed by atoms with Crippen LogP contribution in [-0.2, 0) is 13.0 Å². The van der Waals surface area contributed by atoms with Gasteiger partial charge in [-0.1, -0.05) is 30.3 Å². The average molecular weight is 481 g/mol. The smallest absolute Gasteiger partial charge is 0.408 e. The molecule has 0 saturated heterocycles. The number of likely N-dealkylation sites (N-methyl/N-ethyl adjacent to an activating group) is 1. The Bertz CT molecular complexity index is 1240. The highest BCUT2D eigenvalue weighted by Gasteiger charge is 2.27. The maximum absolute atomic E-state index is 12.9. The molecule has 0 radical (unpaired) electrons.